The van der Waals surface area contributed by atoms with E-state index in [1.165, 1.54) is 19.3 Å². The zero-order chi connectivity index (χ0) is 8.12. The average molecular weight is 309 g/mol. The van der Waals surface area contributed by atoms with Crippen LogP contribution in [0.5, 0.6) is 0 Å². The maximum atomic E-state index is 2.12. The quantitative estimate of drug-likeness (QED) is 0.417. The van der Waals surface area contributed by atoms with E-state index in [2.05, 4.69) is 41.5 Å². The Bertz CT molecular complexity index is 4.75. The van der Waals surface area contributed by atoms with Gasteiger partial charge in [-0.15, -0.1) is 0 Å². The van der Waals surface area contributed by atoms with Crippen molar-refractivity contribution in [3.63, 3.8) is 0 Å². The van der Waals surface area contributed by atoms with Crippen LogP contribution in [0.2, 0.25) is 0 Å². The van der Waals surface area contributed by atoms with Gasteiger partial charge in [-0.2, -0.15) is 0 Å². The Kier molecular flexibility index (Phi) is 6860. The molecule has 0 amide bonds. The first kappa shape index (κ1) is 201. The molecular formula is C20H68. The Labute approximate surface area is 143 Å². The fourth-order valence-corrected chi connectivity index (χ4v) is 0. The van der Waals surface area contributed by atoms with Crippen LogP contribution >= 0.6 is 0 Å². The Morgan fingerprint density at radius 1 is 0.250 bits per heavy atom. The Balaban J connectivity index is -0.00000000176. The lowest BCUT2D eigenvalue weighted by Crippen LogP contribution is -1.27. The maximum absolute atomic E-state index is 2.12. The smallest absolute Gasteiger partial charge is 0.0590 e. The van der Waals surface area contributed by atoms with Crippen LogP contribution in [-0.4, -0.2) is 0 Å². The van der Waals surface area contributed by atoms with E-state index in [0.29, 0.717) is 0 Å². The lowest BCUT2D eigenvalue weighted by Gasteiger charge is -1.48. The summed E-state index contributed by atoms with van der Waals surface area (Å²) in [5, 5.41) is 0. The van der Waals surface area contributed by atoms with Crippen LogP contribution in [0.15, 0.2) is 0 Å². The van der Waals surface area contributed by atoms with E-state index >= 15 is 0 Å². The van der Waals surface area contributed by atoms with Gasteiger partial charge in [-0.25, -0.2) is 0 Å². The molecule has 0 fully saturated rings. The van der Waals surface area contributed by atoms with E-state index in [4.69, 9.17) is 0 Å². The molecule has 0 aromatic rings. The van der Waals surface area contributed by atoms with Gasteiger partial charge in [-0.3, -0.25) is 0 Å². The molecule has 0 atom stereocenters. The third-order valence-electron chi connectivity index (χ3n) is 0. The second-order valence-electron chi connectivity index (χ2n) is 2.12. The highest BCUT2D eigenvalue weighted by molar-refractivity contribution is 3.92. The fourth-order valence-electron chi connectivity index (χ4n) is 0. The largest absolute Gasteiger partial charge is 0.0776 e. The van der Waals surface area contributed by atoms with Gasteiger partial charge < -0.3 is 0 Å². The van der Waals surface area contributed by atoms with E-state index < -0.39 is 0 Å². The zero-order valence-corrected chi connectivity index (χ0v) is 8.12. The summed E-state index contributed by atoms with van der Waals surface area (Å²) in [5.41, 5.74) is 0. The minimum atomic E-state index is 0. The Morgan fingerprint density at radius 3 is 0.250 bits per heavy atom. The van der Waals surface area contributed by atoms with Crippen LogP contribution in [0.25, 0.3) is 0 Å². The highest BCUT2D eigenvalue weighted by atomic mass is 13.4. The number of hydrogen-bond donors (Lipinski definition) is 0. The molecule has 0 heterocycles. The van der Waals surface area contributed by atoms with E-state index in [1.807, 2.05) is 0 Å². The van der Waals surface area contributed by atoms with Crippen LogP contribution in [0.4, 0.5) is 0 Å². The fraction of sp³-hybridized carbons (Fsp3) is 1.00. The molecule has 0 rings (SSSR count). The first-order chi connectivity index (χ1) is 4.24. The molecule has 0 radical (unpaired) electrons. The summed E-state index contributed by atoms with van der Waals surface area (Å²) in [5.74, 6) is 0. The van der Waals surface area contributed by atoms with E-state index in [1.54, 1.807) is 0 Å². The van der Waals surface area contributed by atoms with Crippen LogP contribution in [0.3, 0.4) is 0 Å². The van der Waals surface area contributed by atoms with E-state index in [-0.39, 0.29) is 81.7 Å². The van der Waals surface area contributed by atoms with Crippen molar-refractivity contribution in [2.45, 2.75) is 142 Å². The monoisotopic (exact) mass is 309 g/mol. The molecule has 0 saturated carbocycles. The second-order valence-corrected chi connectivity index (χ2v) is 2.12. The number of hydrogen-bond acceptors (Lipinski definition) is 0. The summed E-state index contributed by atoms with van der Waals surface area (Å²) in [7, 11) is 0. The zero-order valence-electron chi connectivity index (χ0n) is 8.12. The van der Waals surface area contributed by atoms with Gasteiger partial charge in [0.25, 0.3) is 0 Å². The predicted octanol–water partition coefficient (Wildman–Crippen LogP) is 11.2. The van der Waals surface area contributed by atoms with Crippen LogP contribution in [0, 0.1) is 0 Å². The highest BCUT2D eigenvalue weighted by Gasteiger charge is 1.36. The van der Waals surface area contributed by atoms with Crippen molar-refractivity contribution in [3.8, 4) is 0 Å². The summed E-state index contributed by atoms with van der Waals surface area (Å²) in [6.45, 7) is 12.8. The van der Waals surface area contributed by atoms with E-state index in [9.17, 15) is 0 Å². The summed E-state index contributed by atoms with van der Waals surface area (Å²) < 4.78 is 0. The Hall–Kier alpha value is 0. The lowest BCUT2D eigenvalue weighted by molar-refractivity contribution is 1.09. The Morgan fingerprint density at radius 2 is 0.250 bits per heavy atom. The standard InChI is InChI=1S/3C3H8.11CH4/c3*1-3-2;;;;;;;;;;;/h3*3H2,1-2H3;11*1H4. The van der Waals surface area contributed by atoms with Crippen LogP contribution < -0.4 is 0 Å². The molecule has 0 aromatic heterocycles. The summed E-state index contributed by atoms with van der Waals surface area (Å²) in [6, 6.07) is 0. The molecule has 0 aromatic carbocycles. The third kappa shape index (κ3) is 0. The molecule has 0 nitrogen and oxygen atoms in total. The predicted molar refractivity (Wildman–Crippen MR) is 122 cm³/mol. The van der Waals surface area contributed by atoms with Crippen molar-refractivity contribution in [2.75, 3.05) is 0 Å². The van der Waals surface area contributed by atoms with Gasteiger partial charge in [-0.05, 0) is 0 Å². The van der Waals surface area contributed by atoms with Crippen molar-refractivity contribution in [1.82, 2.24) is 0 Å². The van der Waals surface area contributed by atoms with E-state index in [0.717, 1.165) is 0 Å². The molecule has 0 aliphatic heterocycles. The van der Waals surface area contributed by atoms with Gasteiger partial charge in [0.1, 0.15) is 0 Å². The minimum Gasteiger partial charge on any atom is -0.0776 e. The molecule has 0 N–H and O–H groups in total. The summed E-state index contributed by atoms with van der Waals surface area (Å²) >= 11 is 0. The van der Waals surface area contributed by atoms with Crippen molar-refractivity contribution in [1.29, 1.82) is 0 Å². The molecule has 0 bridgehead atoms. The first-order valence-electron chi connectivity index (χ1n) is 4.24. The van der Waals surface area contributed by atoms with Gasteiger partial charge >= 0.3 is 0 Å². The van der Waals surface area contributed by atoms with Crippen molar-refractivity contribution < 1.29 is 0 Å². The van der Waals surface area contributed by atoms with Crippen LogP contribution in [0.1, 0.15) is 142 Å². The molecule has 0 unspecified atom stereocenters. The normalized spacial score (nSPS) is 2.70. The highest BCUT2D eigenvalue weighted by Crippen LogP contribution is 1.56. The molecule has 148 valence electrons. The van der Waals surface area contributed by atoms with Gasteiger partial charge in [-0.1, -0.05) is 142 Å². The molecule has 0 saturated heterocycles. The van der Waals surface area contributed by atoms with Gasteiger partial charge in [0.2, 0.25) is 0 Å². The molecule has 0 spiro atoms. The van der Waals surface area contributed by atoms with Gasteiger partial charge in [0, 0.05) is 0 Å². The summed E-state index contributed by atoms with van der Waals surface area (Å²) in [6.07, 6.45) is 3.75. The average Bonchev–Trinajstić information content (AvgIpc) is 1.70. The topological polar surface area (TPSA) is 0 Å². The third-order valence-corrected chi connectivity index (χ3v) is 0. The minimum absolute atomic E-state index is 0. The van der Waals surface area contributed by atoms with Crippen LogP contribution in [-0.2, 0) is 0 Å². The lowest BCUT2D eigenvalue weighted by atomic mass is 10.6. The summed E-state index contributed by atoms with van der Waals surface area (Å²) in [4.78, 5) is 0. The number of rotatable bonds is 0. The molecular weight excluding hydrogens is 240 g/mol. The SMILES string of the molecule is C.C.C.C.C.C.C.C.C.C.C.CCC.CCC.CCC. The first-order valence-corrected chi connectivity index (χ1v) is 4.24. The molecule has 0 aliphatic rings. The second kappa shape index (κ2) is 684. The maximum Gasteiger partial charge on any atom is -0.0590 e. The van der Waals surface area contributed by atoms with Crippen molar-refractivity contribution >= 4 is 0 Å². The molecule has 0 aliphatic carbocycles. The molecule has 0 heteroatoms. The van der Waals surface area contributed by atoms with Gasteiger partial charge in [0.05, 0.1) is 0 Å². The van der Waals surface area contributed by atoms with Crippen molar-refractivity contribution in [3.05, 3.63) is 0 Å². The van der Waals surface area contributed by atoms with Crippen molar-refractivity contribution in [2.24, 2.45) is 0 Å². The molecule has 20 heavy (non-hydrogen) atoms. The van der Waals surface area contributed by atoms with Gasteiger partial charge in [0.15, 0.2) is 0 Å².